The first kappa shape index (κ1) is 76.6. The topological polar surface area (TPSA) is 201 Å². The van der Waals surface area contributed by atoms with Crippen molar-refractivity contribution < 1.29 is 71.5 Å². The molecule has 3 saturated carbocycles. The Morgan fingerprint density at radius 1 is 0.324 bits per heavy atom. The molecule has 0 spiro atoms. The molecular weight excluding hydrogens is 1340 g/mol. The van der Waals surface area contributed by atoms with Crippen LogP contribution in [0.3, 0.4) is 0 Å². The number of hydrogen-bond acceptors (Lipinski definition) is 9. The number of halogens is 3. The number of amides is 3. The minimum absolute atomic E-state index is 0.0124. The van der Waals surface area contributed by atoms with Crippen molar-refractivity contribution in [2.24, 2.45) is 0 Å². The van der Waals surface area contributed by atoms with Crippen molar-refractivity contribution >= 4 is 35.6 Å². The lowest BCUT2D eigenvalue weighted by Crippen LogP contribution is -2.32. The zero-order valence-corrected chi connectivity index (χ0v) is 59.0. The van der Waals surface area contributed by atoms with Crippen molar-refractivity contribution in [1.82, 2.24) is 14.7 Å². The van der Waals surface area contributed by atoms with Crippen LogP contribution >= 0.6 is 0 Å². The van der Waals surface area contributed by atoms with Crippen LogP contribution in [0.4, 0.5) is 13.2 Å². The van der Waals surface area contributed by atoms with E-state index in [9.17, 15) is 41.9 Å². The average Bonchev–Trinajstić information content (AvgIpc) is 1.70. The highest BCUT2D eigenvalue weighted by molar-refractivity contribution is 5.97. The number of para-hydroxylation sites is 3. The second kappa shape index (κ2) is 39.0. The van der Waals surface area contributed by atoms with E-state index in [0.717, 1.165) is 139 Å². The van der Waals surface area contributed by atoms with Gasteiger partial charge >= 0.3 is 17.9 Å². The van der Waals surface area contributed by atoms with Gasteiger partial charge in [-0.2, -0.15) is 0 Å². The van der Waals surface area contributed by atoms with Gasteiger partial charge in [-0.05, 0) is 209 Å². The second-order valence-corrected chi connectivity index (χ2v) is 26.7. The van der Waals surface area contributed by atoms with E-state index in [1.54, 1.807) is 72.8 Å². The van der Waals surface area contributed by atoms with Gasteiger partial charge in [0.1, 0.15) is 34.7 Å². The second-order valence-electron chi connectivity index (χ2n) is 26.7. The molecule has 3 aliphatic rings. The minimum Gasteiger partial charge on any atom is -0.493 e. The first-order valence-electron chi connectivity index (χ1n) is 36.3. The molecule has 0 saturated heterocycles. The lowest BCUT2D eigenvalue weighted by Gasteiger charge is -2.24. The Bertz CT molecular complexity index is 4330. The van der Waals surface area contributed by atoms with Crippen LogP contribution in [0.5, 0.6) is 17.2 Å². The van der Waals surface area contributed by atoms with Crippen LogP contribution in [-0.2, 0) is 34.0 Å². The van der Waals surface area contributed by atoms with Crippen molar-refractivity contribution in [2.75, 3.05) is 19.8 Å². The minimum atomic E-state index is -0.775. The van der Waals surface area contributed by atoms with E-state index in [0.29, 0.717) is 81.0 Å². The Hall–Kier alpha value is -11.0. The van der Waals surface area contributed by atoms with Gasteiger partial charge < -0.3 is 44.2 Å². The lowest BCUT2D eigenvalue weighted by atomic mass is 10.0. The van der Waals surface area contributed by atoms with Gasteiger partial charge in [0.05, 0.1) is 19.8 Å². The first-order valence-corrected chi connectivity index (χ1v) is 36.3. The molecule has 3 amide bonds. The molecule has 0 aromatic heterocycles. The number of benzene rings is 9. The van der Waals surface area contributed by atoms with Gasteiger partial charge in [-0.1, -0.05) is 133 Å². The Labute approximate surface area is 611 Å². The average molecular weight is 1430 g/mol. The molecule has 3 fully saturated rings. The molecule has 3 aliphatic carbocycles. The van der Waals surface area contributed by atoms with E-state index in [-0.39, 0.29) is 72.6 Å². The van der Waals surface area contributed by atoms with Crippen molar-refractivity contribution in [3.05, 3.63) is 269 Å². The maximum atomic E-state index is 14.1. The molecule has 0 atom stereocenters. The van der Waals surface area contributed by atoms with Gasteiger partial charge in [-0.15, -0.1) is 0 Å². The van der Waals surface area contributed by atoms with E-state index in [4.69, 9.17) is 29.5 Å². The van der Waals surface area contributed by atoms with Crippen LogP contribution in [0.25, 0.3) is 33.4 Å². The Morgan fingerprint density at radius 2 is 0.648 bits per heavy atom. The van der Waals surface area contributed by atoms with Crippen LogP contribution in [0.1, 0.15) is 163 Å². The third-order valence-corrected chi connectivity index (χ3v) is 18.5. The summed E-state index contributed by atoms with van der Waals surface area (Å²) >= 11 is 0. The normalized spacial score (nSPS) is 12.8. The van der Waals surface area contributed by atoms with Crippen LogP contribution in [0.2, 0.25) is 0 Å². The number of aliphatic carboxylic acids is 3. The fourth-order valence-electron chi connectivity index (χ4n) is 12.3. The quantitative estimate of drug-likeness (QED) is 0.0314. The van der Waals surface area contributed by atoms with Crippen molar-refractivity contribution in [3.8, 4) is 50.6 Å². The highest BCUT2D eigenvalue weighted by Crippen LogP contribution is 2.36. The highest BCUT2D eigenvalue weighted by atomic mass is 19.1. The highest BCUT2D eigenvalue weighted by Gasteiger charge is 2.36. The maximum Gasteiger partial charge on any atom is 0.303 e. The third kappa shape index (κ3) is 24.0. The Balaban J connectivity index is 0.000000169. The number of rotatable bonds is 36. The van der Waals surface area contributed by atoms with Gasteiger partial charge in [-0.3, -0.25) is 28.8 Å². The summed E-state index contributed by atoms with van der Waals surface area (Å²) in [4.78, 5) is 77.9. The van der Waals surface area contributed by atoms with Gasteiger partial charge in [-0.25, -0.2) is 13.2 Å². The van der Waals surface area contributed by atoms with Crippen LogP contribution in [0.15, 0.2) is 218 Å². The number of carboxylic acid groups (broad SMARTS) is 3. The number of carbonyl (C=O) groups excluding carboxylic acids is 3. The summed E-state index contributed by atoms with van der Waals surface area (Å²) in [7, 11) is 0. The number of ether oxygens (including phenoxy) is 3. The summed E-state index contributed by atoms with van der Waals surface area (Å²) in [5, 5.41) is 26.2. The largest absolute Gasteiger partial charge is 0.493 e. The zero-order valence-electron chi connectivity index (χ0n) is 59.0. The maximum absolute atomic E-state index is 14.1. The number of unbranched alkanes of at least 4 members (excludes halogenated alkanes) is 6. The molecule has 9 aromatic carbocycles. The van der Waals surface area contributed by atoms with Crippen LogP contribution in [-0.4, -0.2) is 104 Å². The molecule has 0 aliphatic heterocycles. The zero-order chi connectivity index (χ0) is 73.9. The molecular formula is C87H90F3N3O12. The van der Waals surface area contributed by atoms with Crippen LogP contribution < -0.4 is 14.2 Å². The summed E-state index contributed by atoms with van der Waals surface area (Å²) < 4.78 is 58.9. The van der Waals surface area contributed by atoms with Crippen LogP contribution in [0, 0.1) is 17.5 Å². The van der Waals surface area contributed by atoms with Crippen molar-refractivity contribution in [3.63, 3.8) is 0 Å². The molecule has 18 heteroatoms. The van der Waals surface area contributed by atoms with E-state index >= 15 is 0 Å². The van der Waals surface area contributed by atoms with E-state index in [1.807, 2.05) is 130 Å². The van der Waals surface area contributed by atoms with Crippen molar-refractivity contribution in [2.45, 2.75) is 153 Å². The summed E-state index contributed by atoms with van der Waals surface area (Å²) in [6.07, 6.45) is 13.1. The molecule has 105 heavy (non-hydrogen) atoms. The molecule has 15 nitrogen and oxygen atoms in total. The third-order valence-electron chi connectivity index (χ3n) is 18.5. The summed E-state index contributed by atoms with van der Waals surface area (Å²) in [6.45, 7) is 2.91. The number of nitrogens with zero attached hydrogens (tertiary/aromatic N) is 3. The molecule has 546 valence electrons. The predicted octanol–water partition coefficient (Wildman–Crippen LogP) is 19.0. The van der Waals surface area contributed by atoms with Gasteiger partial charge in [0.25, 0.3) is 17.7 Å². The fraction of sp³-hybridized carbons (Fsp3) is 0.310. The molecule has 9 aromatic rings. The summed E-state index contributed by atoms with van der Waals surface area (Å²) in [5.74, 6) is -0.990. The Morgan fingerprint density at radius 3 is 0.990 bits per heavy atom. The monoisotopic (exact) mass is 1430 g/mol. The molecule has 0 bridgehead atoms. The summed E-state index contributed by atoms with van der Waals surface area (Å²) in [5.41, 5.74) is 9.39. The van der Waals surface area contributed by atoms with Gasteiger partial charge in [0.15, 0.2) is 0 Å². The lowest BCUT2D eigenvalue weighted by molar-refractivity contribution is -0.138. The molecule has 12 rings (SSSR count). The molecule has 0 heterocycles. The standard InChI is InChI=1S/3C29H30FNO4/c30-26-10-5-4-9-25(26)21-13-15-22(16-14-21)29(34)31(24-17-18-24)20-23-8-3-6-11-27(23)35-19-7-1-2-12-28(32)33;30-25-9-6-8-23(19-25)21-12-14-22(15-13-21)29(34)31(26-16-17-26)20-24-7-3-4-10-27(24)35-18-5-1-2-11-28(32)33;30-25-15-13-22(14-16-25)21-9-11-23(12-10-21)29(34)31(26-17-18-26)20-24-6-3-4-7-27(24)35-19-5-1-2-8-28(32)33/h3-6,8-11,13-16,24H,1-2,7,12,17-20H2,(H,32,33);3-4,6-10,12-15,19,26H,1-2,5,11,16-18,20H2,(H,32,33);3-4,6-7,9-16,26H,1-2,5,8,17-20H2,(H,32,33). The summed E-state index contributed by atoms with van der Waals surface area (Å²) in [6, 6.07) is 65.1. The Kier molecular flexibility index (Phi) is 28.5. The molecule has 0 unspecified atom stereocenters. The van der Waals surface area contributed by atoms with E-state index in [2.05, 4.69) is 0 Å². The van der Waals surface area contributed by atoms with Gasteiger partial charge in [0, 0.05) is 96.0 Å². The number of hydrogen-bond donors (Lipinski definition) is 3. The fourth-order valence-corrected chi connectivity index (χ4v) is 12.3. The first-order chi connectivity index (χ1) is 51.0. The smallest absolute Gasteiger partial charge is 0.303 e. The SMILES string of the molecule is O=C(O)CCCCCOc1ccccc1CN(C(=O)c1ccc(-c2ccc(F)cc2)cc1)C1CC1.O=C(O)CCCCCOc1ccccc1CN(C(=O)c1ccc(-c2cccc(F)c2)cc1)C1CC1.O=C(O)CCCCCOc1ccccc1CN(C(=O)c1ccc(-c2ccccc2F)cc1)C1CC1. The van der Waals surface area contributed by atoms with Gasteiger partial charge in [0.2, 0.25) is 0 Å². The number of carbonyl (C=O) groups is 6. The molecule has 0 radical (unpaired) electrons. The van der Waals surface area contributed by atoms with E-state index in [1.165, 1.54) is 30.3 Å². The number of carboxylic acids is 3. The van der Waals surface area contributed by atoms with E-state index < -0.39 is 17.9 Å². The van der Waals surface area contributed by atoms with Crippen molar-refractivity contribution in [1.29, 1.82) is 0 Å². The predicted molar refractivity (Wildman–Crippen MR) is 398 cm³/mol. The molecule has 3 N–H and O–H groups in total.